The smallest absolute Gasteiger partial charge is 0.0733 e. The largest absolute Gasteiger partial charge is 0.373 e. The highest BCUT2D eigenvalue weighted by molar-refractivity contribution is 4.98. The van der Waals surface area contributed by atoms with Crippen LogP contribution in [0.1, 0.15) is 39.5 Å². The number of nitrogens with one attached hydrogen (secondary N) is 1. The molecule has 0 radical (unpaired) electrons. The van der Waals surface area contributed by atoms with Crippen LogP contribution in [0.15, 0.2) is 0 Å². The van der Waals surface area contributed by atoms with Gasteiger partial charge in [-0.2, -0.15) is 0 Å². The molecule has 2 saturated heterocycles. The second kappa shape index (κ2) is 3.21. The van der Waals surface area contributed by atoms with Crippen LogP contribution < -0.4 is 5.32 Å². The molecule has 3 fully saturated rings. The van der Waals surface area contributed by atoms with Crippen LogP contribution in [0, 0.1) is 11.8 Å². The maximum Gasteiger partial charge on any atom is 0.0733 e. The Labute approximate surface area is 86.4 Å². The van der Waals surface area contributed by atoms with Crippen LogP contribution in [0.25, 0.3) is 0 Å². The average Bonchev–Trinajstić information content (AvgIpc) is 2.62. The predicted molar refractivity (Wildman–Crippen MR) is 56.2 cm³/mol. The fourth-order valence-electron chi connectivity index (χ4n) is 3.32. The minimum absolute atomic E-state index is 0.538. The molecule has 2 heteroatoms. The normalized spacial score (nSPS) is 52.3. The topological polar surface area (TPSA) is 21.3 Å². The molecule has 6 unspecified atom stereocenters. The Hall–Kier alpha value is -0.0800. The van der Waals surface area contributed by atoms with E-state index in [9.17, 15) is 0 Å². The first-order valence-corrected chi connectivity index (χ1v) is 6.15. The van der Waals surface area contributed by atoms with E-state index in [4.69, 9.17) is 4.74 Å². The van der Waals surface area contributed by atoms with Crippen molar-refractivity contribution < 1.29 is 4.74 Å². The highest BCUT2D eigenvalue weighted by atomic mass is 16.5. The van der Waals surface area contributed by atoms with E-state index in [1.165, 1.54) is 25.7 Å². The fourth-order valence-corrected chi connectivity index (χ4v) is 3.32. The van der Waals surface area contributed by atoms with Gasteiger partial charge in [-0.1, -0.05) is 6.92 Å². The summed E-state index contributed by atoms with van der Waals surface area (Å²) in [5, 5.41) is 3.78. The van der Waals surface area contributed by atoms with Crippen molar-refractivity contribution in [1.82, 2.24) is 5.32 Å². The van der Waals surface area contributed by atoms with Gasteiger partial charge >= 0.3 is 0 Å². The zero-order valence-electron chi connectivity index (χ0n) is 9.20. The Bertz CT molecular complexity index is 230. The summed E-state index contributed by atoms with van der Waals surface area (Å²) in [5.41, 5.74) is 0. The summed E-state index contributed by atoms with van der Waals surface area (Å²) in [6.45, 7) is 4.71. The van der Waals surface area contributed by atoms with Gasteiger partial charge < -0.3 is 10.1 Å². The Balaban J connectivity index is 1.53. The molecule has 0 amide bonds. The van der Waals surface area contributed by atoms with Gasteiger partial charge in [-0.3, -0.25) is 0 Å². The van der Waals surface area contributed by atoms with Gasteiger partial charge in [-0.25, -0.2) is 0 Å². The van der Waals surface area contributed by atoms with Gasteiger partial charge in [0.15, 0.2) is 0 Å². The van der Waals surface area contributed by atoms with Crippen molar-refractivity contribution >= 4 is 0 Å². The van der Waals surface area contributed by atoms with Crippen LogP contribution in [0.4, 0.5) is 0 Å². The molecule has 1 saturated carbocycles. The third-order valence-electron chi connectivity index (χ3n) is 4.40. The lowest BCUT2D eigenvalue weighted by Crippen LogP contribution is -2.43. The predicted octanol–water partition coefficient (Wildman–Crippen LogP) is 1.94. The molecule has 1 N–H and O–H groups in total. The lowest BCUT2D eigenvalue weighted by molar-refractivity contribution is 0.0958. The van der Waals surface area contributed by atoms with E-state index in [1.54, 1.807) is 0 Å². The standard InChI is InChI=1S/C12H21NO/c1-7-5-10(7)8(2)13-11-6-9-3-4-12(11)14-9/h7-13H,3-6H2,1-2H3. The second-order valence-electron chi connectivity index (χ2n) is 5.55. The van der Waals surface area contributed by atoms with Crippen LogP contribution >= 0.6 is 0 Å². The summed E-state index contributed by atoms with van der Waals surface area (Å²) in [6.07, 6.45) is 6.40. The lowest BCUT2D eigenvalue weighted by atomic mass is 9.94. The van der Waals surface area contributed by atoms with Crippen molar-refractivity contribution in [2.75, 3.05) is 0 Å². The molecule has 80 valence electrons. The molecule has 2 aliphatic heterocycles. The summed E-state index contributed by atoms with van der Waals surface area (Å²) in [5.74, 6) is 1.89. The molecular weight excluding hydrogens is 174 g/mol. The molecule has 2 nitrogen and oxygen atoms in total. The summed E-state index contributed by atoms with van der Waals surface area (Å²) in [6, 6.07) is 1.37. The van der Waals surface area contributed by atoms with E-state index >= 15 is 0 Å². The highest BCUT2D eigenvalue weighted by Crippen LogP contribution is 2.42. The molecule has 3 rings (SSSR count). The maximum atomic E-state index is 5.85. The van der Waals surface area contributed by atoms with E-state index in [0.29, 0.717) is 24.3 Å². The molecule has 0 aromatic heterocycles. The van der Waals surface area contributed by atoms with Crippen LogP contribution in [0.3, 0.4) is 0 Å². The van der Waals surface area contributed by atoms with Crippen molar-refractivity contribution in [2.45, 2.75) is 63.8 Å². The van der Waals surface area contributed by atoms with Crippen LogP contribution in [0.2, 0.25) is 0 Å². The zero-order chi connectivity index (χ0) is 9.71. The average molecular weight is 195 g/mol. The van der Waals surface area contributed by atoms with Gasteiger partial charge in [0.1, 0.15) is 0 Å². The van der Waals surface area contributed by atoms with Crippen molar-refractivity contribution in [3.8, 4) is 0 Å². The molecular formula is C12H21NO. The quantitative estimate of drug-likeness (QED) is 0.743. The minimum atomic E-state index is 0.538. The molecule has 2 bridgehead atoms. The summed E-state index contributed by atoms with van der Waals surface area (Å²) >= 11 is 0. The van der Waals surface area contributed by atoms with Crippen molar-refractivity contribution in [2.24, 2.45) is 11.8 Å². The van der Waals surface area contributed by atoms with Gasteiger partial charge in [0, 0.05) is 12.1 Å². The van der Waals surface area contributed by atoms with Crippen molar-refractivity contribution in [1.29, 1.82) is 0 Å². The van der Waals surface area contributed by atoms with E-state index in [2.05, 4.69) is 19.2 Å². The first kappa shape index (κ1) is 9.17. The van der Waals surface area contributed by atoms with Gasteiger partial charge in [-0.15, -0.1) is 0 Å². The summed E-state index contributed by atoms with van der Waals surface area (Å²) in [7, 11) is 0. The highest BCUT2D eigenvalue weighted by Gasteiger charge is 2.44. The maximum absolute atomic E-state index is 5.85. The number of fused-ring (bicyclic) bond motifs is 2. The van der Waals surface area contributed by atoms with Gasteiger partial charge in [0.25, 0.3) is 0 Å². The monoisotopic (exact) mass is 195 g/mol. The first-order valence-electron chi connectivity index (χ1n) is 6.15. The molecule has 0 aromatic carbocycles. The van der Waals surface area contributed by atoms with Crippen molar-refractivity contribution in [3.05, 3.63) is 0 Å². The summed E-state index contributed by atoms with van der Waals surface area (Å²) < 4.78 is 5.85. The van der Waals surface area contributed by atoms with E-state index < -0.39 is 0 Å². The van der Waals surface area contributed by atoms with E-state index in [0.717, 1.165) is 11.8 Å². The van der Waals surface area contributed by atoms with Gasteiger partial charge in [-0.05, 0) is 44.4 Å². The Morgan fingerprint density at radius 1 is 1.29 bits per heavy atom. The van der Waals surface area contributed by atoms with E-state index in [-0.39, 0.29) is 0 Å². The lowest BCUT2D eigenvalue weighted by Gasteiger charge is -2.24. The third-order valence-corrected chi connectivity index (χ3v) is 4.40. The van der Waals surface area contributed by atoms with E-state index in [1.807, 2.05) is 0 Å². The van der Waals surface area contributed by atoms with Crippen LogP contribution in [-0.2, 0) is 4.74 Å². The SMILES string of the molecule is CC1CC1C(C)NC1CC2CCC1O2. The zero-order valence-corrected chi connectivity index (χ0v) is 9.20. The number of ether oxygens (including phenoxy) is 1. The molecule has 1 aliphatic carbocycles. The number of hydrogen-bond donors (Lipinski definition) is 1. The van der Waals surface area contributed by atoms with Crippen LogP contribution in [-0.4, -0.2) is 24.3 Å². The number of hydrogen-bond acceptors (Lipinski definition) is 2. The second-order valence-corrected chi connectivity index (χ2v) is 5.55. The third kappa shape index (κ3) is 1.49. The molecule has 0 aromatic rings. The Morgan fingerprint density at radius 3 is 2.57 bits per heavy atom. The van der Waals surface area contributed by atoms with Gasteiger partial charge in [0.05, 0.1) is 12.2 Å². The van der Waals surface area contributed by atoms with Gasteiger partial charge in [0.2, 0.25) is 0 Å². The first-order chi connectivity index (χ1) is 6.74. The fraction of sp³-hybridized carbons (Fsp3) is 1.00. The molecule has 6 atom stereocenters. The Kier molecular flexibility index (Phi) is 2.10. The Morgan fingerprint density at radius 2 is 2.07 bits per heavy atom. The molecule has 2 heterocycles. The molecule has 0 spiro atoms. The van der Waals surface area contributed by atoms with Crippen LogP contribution in [0.5, 0.6) is 0 Å². The summed E-state index contributed by atoms with van der Waals surface area (Å²) in [4.78, 5) is 0. The minimum Gasteiger partial charge on any atom is -0.373 e. The van der Waals surface area contributed by atoms with Crippen molar-refractivity contribution in [3.63, 3.8) is 0 Å². The number of rotatable bonds is 3. The molecule has 3 aliphatic rings. The molecule has 14 heavy (non-hydrogen) atoms.